The fourth-order valence-corrected chi connectivity index (χ4v) is 3.16. The molecule has 1 fully saturated rings. The Balaban J connectivity index is 1.76. The van der Waals surface area contributed by atoms with Gasteiger partial charge in [-0.1, -0.05) is 19.1 Å². The zero-order chi connectivity index (χ0) is 18.5. The molecule has 26 heavy (non-hydrogen) atoms. The van der Waals surface area contributed by atoms with Gasteiger partial charge in [-0.15, -0.1) is 0 Å². The molecule has 138 valence electrons. The molecule has 1 heterocycles. The second-order valence-electron chi connectivity index (χ2n) is 6.24. The molecule has 1 N–H and O–H groups in total. The van der Waals surface area contributed by atoms with Gasteiger partial charge in [-0.25, -0.2) is 4.39 Å². The Bertz CT molecular complexity index is 773. The van der Waals surface area contributed by atoms with Crippen LogP contribution in [0.15, 0.2) is 42.5 Å². The number of halogens is 1. The molecule has 1 saturated heterocycles. The molecule has 2 aromatic carbocycles. The van der Waals surface area contributed by atoms with E-state index in [1.807, 2.05) is 24.3 Å². The molecule has 0 atom stereocenters. The highest BCUT2D eigenvalue weighted by atomic mass is 19.1. The molecule has 1 aliphatic rings. The number of carbonyl (C=O) groups is 1. The molecule has 1 amide bonds. The Labute approximate surface area is 153 Å². The van der Waals surface area contributed by atoms with Crippen LogP contribution >= 0.6 is 0 Å². The van der Waals surface area contributed by atoms with Gasteiger partial charge in [0.15, 0.2) is 11.6 Å². The molecule has 3 rings (SSSR count). The molecule has 0 unspecified atom stereocenters. The van der Waals surface area contributed by atoms with Crippen LogP contribution in [-0.2, 0) is 0 Å². The number of anilines is 2. The van der Waals surface area contributed by atoms with Gasteiger partial charge in [0.25, 0.3) is 5.91 Å². The molecule has 0 radical (unpaired) electrons. The zero-order valence-electron chi connectivity index (χ0n) is 15.2. The van der Waals surface area contributed by atoms with E-state index in [1.54, 1.807) is 6.07 Å². The Kier molecular flexibility index (Phi) is 5.73. The maximum Gasteiger partial charge on any atom is 0.255 e. The van der Waals surface area contributed by atoms with Crippen molar-refractivity contribution < 1.29 is 13.9 Å². The van der Waals surface area contributed by atoms with Crippen LogP contribution in [0.2, 0.25) is 0 Å². The minimum absolute atomic E-state index is 0.121. The number of hydrogen-bond acceptors (Lipinski definition) is 4. The summed E-state index contributed by atoms with van der Waals surface area (Å²) in [5.41, 5.74) is 1.98. The summed E-state index contributed by atoms with van der Waals surface area (Å²) in [7, 11) is 1.40. The van der Waals surface area contributed by atoms with Gasteiger partial charge in [0.1, 0.15) is 0 Å². The monoisotopic (exact) mass is 357 g/mol. The van der Waals surface area contributed by atoms with Crippen molar-refractivity contribution in [2.45, 2.75) is 6.92 Å². The van der Waals surface area contributed by atoms with E-state index < -0.39 is 5.82 Å². The average molecular weight is 357 g/mol. The molecule has 0 aliphatic carbocycles. The lowest BCUT2D eigenvalue weighted by molar-refractivity contribution is 0.102. The number of para-hydroxylation sites is 2. The maximum atomic E-state index is 13.9. The molecule has 5 nitrogen and oxygen atoms in total. The van der Waals surface area contributed by atoms with E-state index in [4.69, 9.17) is 4.74 Å². The van der Waals surface area contributed by atoms with Crippen LogP contribution in [0.1, 0.15) is 17.3 Å². The third kappa shape index (κ3) is 3.96. The smallest absolute Gasteiger partial charge is 0.255 e. The lowest BCUT2D eigenvalue weighted by Crippen LogP contribution is -2.46. The first-order valence-electron chi connectivity index (χ1n) is 8.83. The predicted octanol–water partition coefficient (Wildman–Crippen LogP) is 3.23. The lowest BCUT2D eigenvalue weighted by atomic mass is 10.1. The average Bonchev–Trinajstić information content (AvgIpc) is 2.68. The highest BCUT2D eigenvalue weighted by molar-refractivity contribution is 6.06. The van der Waals surface area contributed by atoms with E-state index in [0.29, 0.717) is 0 Å². The molecule has 6 heteroatoms. The number of nitrogens with zero attached hydrogens (tertiary/aromatic N) is 2. The predicted molar refractivity (Wildman–Crippen MR) is 102 cm³/mol. The number of carbonyl (C=O) groups excluding carboxylic acids is 1. The van der Waals surface area contributed by atoms with Crippen LogP contribution in [-0.4, -0.2) is 50.6 Å². The number of amides is 1. The van der Waals surface area contributed by atoms with Gasteiger partial charge in [-0.3, -0.25) is 4.79 Å². The van der Waals surface area contributed by atoms with Gasteiger partial charge in [-0.2, -0.15) is 0 Å². The number of ether oxygens (including phenoxy) is 1. The van der Waals surface area contributed by atoms with E-state index in [2.05, 4.69) is 22.0 Å². The Morgan fingerprint density at radius 2 is 1.88 bits per heavy atom. The highest BCUT2D eigenvalue weighted by Crippen LogP contribution is 2.27. The molecular weight excluding hydrogens is 333 g/mol. The van der Waals surface area contributed by atoms with Crippen LogP contribution < -0.4 is 15.0 Å². The fourth-order valence-electron chi connectivity index (χ4n) is 3.16. The van der Waals surface area contributed by atoms with Crippen molar-refractivity contribution in [2.75, 3.05) is 50.1 Å². The molecule has 0 bridgehead atoms. The number of nitrogens with one attached hydrogen (secondary N) is 1. The van der Waals surface area contributed by atoms with Gasteiger partial charge >= 0.3 is 0 Å². The zero-order valence-corrected chi connectivity index (χ0v) is 15.2. The maximum absolute atomic E-state index is 13.9. The molecule has 0 aromatic heterocycles. The number of hydrogen-bond donors (Lipinski definition) is 1. The number of rotatable bonds is 5. The third-order valence-corrected chi connectivity index (χ3v) is 4.73. The van der Waals surface area contributed by atoms with Crippen molar-refractivity contribution in [3.8, 4) is 5.75 Å². The van der Waals surface area contributed by atoms with Crippen LogP contribution in [0.25, 0.3) is 0 Å². The van der Waals surface area contributed by atoms with Gasteiger partial charge in [0.05, 0.1) is 18.5 Å². The number of benzene rings is 2. The van der Waals surface area contributed by atoms with Crippen molar-refractivity contribution >= 4 is 17.3 Å². The molecule has 1 aliphatic heterocycles. The van der Waals surface area contributed by atoms with Crippen molar-refractivity contribution in [3.63, 3.8) is 0 Å². The summed E-state index contributed by atoms with van der Waals surface area (Å²) in [6, 6.07) is 11.9. The third-order valence-electron chi connectivity index (χ3n) is 4.73. The minimum atomic E-state index is -0.552. The van der Waals surface area contributed by atoms with E-state index in [-0.39, 0.29) is 17.2 Å². The molecule has 0 saturated carbocycles. The first kappa shape index (κ1) is 18.2. The van der Waals surface area contributed by atoms with E-state index in [9.17, 15) is 9.18 Å². The number of piperazine rings is 1. The number of methoxy groups -OCH3 is 1. The topological polar surface area (TPSA) is 44.8 Å². The first-order valence-corrected chi connectivity index (χ1v) is 8.83. The lowest BCUT2D eigenvalue weighted by Gasteiger charge is -2.36. The molecule has 0 spiro atoms. The summed E-state index contributed by atoms with van der Waals surface area (Å²) in [5.74, 6) is -0.772. The van der Waals surface area contributed by atoms with Gasteiger partial charge in [-0.05, 0) is 36.9 Å². The van der Waals surface area contributed by atoms with Crippen LogP contribution in [0, 0.1) is 5.82 Å². The van der Waals surface area contributed by atoms with E-state index in [0.717, 1.165) is 44.1 Å². The van der Waals surface area contributed by atoms with Crippen LogP contribution in [0.3, 0.4) is 0 Å². The van der Waals surface area contributed by atoms with Crippen LogP contribution in [0.5, 0.6) is 5.75 Å². The SMILES string of the molecule is CCN1CCN(c2ccccc2NC(=O)c2ccc(OC)c(F)c2)CC1. The van der Waals surface area contributed by atoms with Crippen LogP contribution in [0.4, 0.5) is 15.8 Å². The minimum Gasteiger partial charge on any atom is -0.494 e. The molecular formula is C20H24FN3O2. The Morgan fingerprint density at radius 3 is 2.54 bits per heavy atom. The summed E-state index contributed by atoms with van der Waals surface area (Å²) < 4.78 is 18.8. The fraction of sp³-hybridized carbons (Fsp3) is 0.350. The van der Waals surface area contributed by atoms with E-state index >= 15 is 0 Å². The Hall–Kier alpha value is -2.60. The highest BCUT2D eigenvalue weighted by Gasteiger charge is 2.19. The quantitative estimate of drug-likeness (QED) is 0.892. The largest absolute Gasteiger partial charge is 0.494 e. The normalized spacial score (nSPS) is 15.0. The van der Waals surface area contributed by atoms with Crippen molar-refractivity contribution in [2.24, 2.45) is 0 Å². The first-order chi connectivity index (χ1) is 12.6. The van der Waals surface area contributed by atoms with E-state index in [1.165, 1.54) is 19.2 Å². The molecule has 2 aromatic rings. The van der Waals surface area contributed by atoms with Gasteiger partial charge < -0.3 is 19.9 Å². The summed E-state index contributed by atoms with van der Waals surface area (Å²) in [5, 5.41) is 2.91. The van der Waals surface area contributed by atoms with Crippen molar-refractivity contribution in [1.29, 1.82) is 0 Å². The van der Waals surface area contributed by atoms with Gasteiger partial charge in [0.2, 0.25) is 0 Å². The standard InChI is InChI=1S/C20H24FN3O2/c1-3-23-10-12-24(13-11-23)18-7-5-4-6-17(18)22-20(25)15-8-9-19(26-2)16(21)14-15/h4-9,14H,3,10-13H2,1-2H3,(H,22,25). The van der Waals surface area contributed by atoms with Gasteiger partial charge in [0, 0.05) is 31.7 Å². The summed E-state index contributed by atoms with van der Waals surface area (Å²) in [6.45, 7) is 7.05. The Morgan fingerprint density at radius 1 is 1.15 bits per heavy atom. The van der Waals surface area contributed by atoms with Crippen molar-refractivity contribution in [3.05, 3.63) is 53.8 Å². The second kappa shape index (κ2) is 8.19. The second-order valence-corrected chi connectivity index (χ2v) is 6.24. The number of likely N-dealkylation sites (N-methyl/N-ethyl adjacent to an activating group) is 1. The summed E-state index contributed by atoms with van der Waals surface area (Å²) in [4.78, 5) is 17.2. The summed E-state index contributed by atoms with van der Waals surface area (Å²) in [6.07, 6.45) is 0. The summed E-state index contributed by atoms with van der Waals surface area (Å²) >= 11 is 0. The van der Waals surface area contributed by atoms with Crippen molar-refractivity contribution in [1.82, 2.24) is 4.90 Å².